The molecule has 3 heterocycles. The third-order valence-electron chi connectivity index (χ3n) is 5.47. The van der Waals surface area contributed by atoms with Crippen LogP contribution in [-0.4, -0.2) is 49.0 Å². The van der Waals surface area contributed by atoms with Crippen molar-refractivity contribution in [3.63, 3.8) is 0 Å². The lowest BCUT2D eigenvalue weighted by atomic mass is 10.1. The smallest absolute Gasteiger partial charge is 0.258 e. The molecule has 1 saturated heterocycles. The van der Waals surface area contributed by atoms with E-state index < -0.39 is 0 Å². The molecular formula is C22H22N6O2. The molecule has 1 aliphatic heterocycles. The first-order chi connectivity index (χ1) is 14.8. The van der Waals surface area contributed by atoms with Crippen LogP contribution in [0.25, 0.3) is 33.9 Å². The number of carbonyl (C=O) groups excluding carboxylic acids is 1. The predicted octanol–water partition coefficient (Wildman–Crippen LogP) is 3.55. The van der Waals surface area contributed by atoms with E-state index in [1.165, 1.54) is 6.42 Å². The summed E-state index contributed by atoms with van der Waals surface area (Å²) in [7, 11) is 0. The van der Waals surface area contributed by atoms with Gasteiger partial charge in [-0.05, 0) is 49.6 Å². The van der Waals surface area contributed by atoms with Gasteiger partial charge in [-0.3, -0.25) is 4.79 Å². The molecule has 0 bridgehead atoms. The Morgan fingerprint density at radius 2 is 1.83 bits per heavy atom. The van der Waals surface area contributed by atoms with E-state index in [4.69, 9.17) is 4.52 Å². The van der Waals surface area contributed by atoms with Crippen LogP contribution in [-0.2, 0) is 11.3 Å². The molecule has 1 amide bonds. The van der Waals surface area contributed by atoms with Gasteiger partial charge in [-0.2, -0.15) is 4.98 Å². The summed E-state index contributed by atoms with van der Waals surface area (Å²) in [5, 5.41) is 12.6. The van der Waals surface area contributed by atoms with E-state index >= 15 is 0 Å². The lowest BCUT2D eigenvalue weighted by Crippen LogP contribution is -2.36. The molecule has 1 fully saturated rings. The first-order valence-corrected chi connectivity index (χ1v) is 10.3. The van der Waals surface area contributed by atoms with Gasteiger partial charge in [-0.1, -0.05) is 28.6 Å². The molecule has 30 heavy (non-hydrogen) atoms. The third kappa shape index (κ3) is 3.68. The van der Waals surface area contributed by atoms with Crippen molar-refractivity contribution < 1.29 is 9.32 Å². The van der Waals surface area contributed by atoms with Crippen LogP contribution in [0.5, 0.6) is 0 Å². The first kappa shape index (κ1) is 18.5. The minimum Gasteiger partial charge on any atom is -0.343 e. The summed E-state index contributed by atoms with van der Waals surface area (Å²) >= 11 is 0. The molecule has 1 aliphatic rings. The zero-order chi connectivity index (χ0) is 20.3. The molecule has 0 aliphatic carbocycles. The number of aryl methyl sites for hydroxylation is 1. The quantitative estimate of drug-likeness (QED) is 0.507. The molecule has 5 rings (SSSR count). The van der Waals surface area contributed by atoms with Crippen LogP contribution in [0, 0.1) is 0 Å². The number of hydrogen-bond acceptors (Lipinski definition) is 6. The minimum atomic E-state index is 0.190. The second kappa shape index (κ2) is 8.06. The molecule has 0 N–H and O–H groups in total. The van der Waals surface area contributed by atoms with Crippen LogP contribution in [0.1, 0.15) is 25.7 Å². The molecule has 2 aromatic heterocycles. The average molecular weight is 402 g/mol. The van der Waals surface area contributed by atoms with Crippen LogP contribution < -0.4 is 0 Å². The maximum Gasteiger partial charge on any atom is 0.258 e. The van der Waals surface area contributed by atoms with Crippen molar-refractivity contribution in [3.05, 3.63) is 48.5 Å². The van der Waals surface area contributed by atoms with Gasteiger partial charge in [-0.25, -0.2) is 4.68 Å². The van der Waals surface area contributed by atoms with E-state index in [1.54, 1.807) is 4.68 Å². The Labute approximate surface area is 173 Å². The van der Waals surface area contributed by atoms with Gasteiger partial charge in [0.05, 0.1) is 12.1 Å². The van der Waals surface area contributed by atoms with Crippen molar-refractivity contribution in [2.45, 2.75) is 32.2 Å². The summed E-state index contributed by atoms with van der Waals surface area (Å²) < 4.78 is 7.18. The van der Waals surface area contributed by atoms with E-state index in [0.717, 1.165) is 48.1 Å². The highest BCUT2D eigenvalue weighted by atomic mass is 16.5. The van der Waals surface area contributed by atoms with Crippen molar-refractivity contribution in [3.8, 4) is 22.8 Å². The van der Waals surface area contributed by atoms with Gasteiger partial charge in [0.25, 0.3) is 5.89 Å². The van der Waals surface area contributed by atoms with Crippen LogP contribution in [0.3, 0.4) is 0 Å². The summed E-state index contributed by atoms with van der Waals surface area (Å²) in [5.41, 5.74) is 3.31. The second-order valence-corrected chi connectivity index (χ2v) is 7.50. The zero-order valence-corrected chi connectivity index (χ0v) is 16.6. The van der Waals surface area contributed by atoms with Crippen LogP contribution in [0.15, 0.2) is 53.1 Å². The number of likely N-dealkylation sites (tertiary alicyclic amines) is 1. The number of aromatic nitrogens is 5. The molecule has 8 nitrogen and oxygen atoms in total. The van der Waals surface area contributed by atoms with Gasteiger partial charge in [-0.15, -0.1) is 5.10 Å². The second-order valence-electron chi connectivity index (χ2n) is 7.50. The number of hydrogen-bond donors (Lipinski definition) is 0. The number of amides is 1. The highest BCUT2D eigenvalue weighted by Crippen LogP contribution is 2.24. The van der Waals surface area contributed by atoms with Gasteiger partial charge < -0.3 is 9.42 Å². The summed E-state index contributed by atoms with van der Waals surface area (Å²) in [6.45, 7) is 2.26. The first-order valence-electron chi connectivity index (χ1n) is 10.3. The van der Waals surface area contributed by atoms with Crippen molar-refractivity contribution in [1.82, 2.24) is 30.0 Å². The van der Waals surface area contributed by atoms with E-state index in [2.05, 4.69) is 20.5 Å². The Morgan fingerprint density at radius 3 is 2.67 bits per heavy atom. The fourth-order valence-electron chi connectivity index (χ4n) is 3.82. The van der Waals surface area contributed by atoms with Gasteiger partial charge in [0.15, 0.2) is 0 Å². The molecule has 0 saturated carbocycles. The van der Waals surface area contributed by atoms with Crippen LogP contribution in [0.2, 0.25) is 0 Å². The molecule has 0 unspecified atom stereocenters. The maximum absolute atomic E-state index is 12.4. The number of benzene rings is 2. The summed E-state index contributed by atoms with van der Waals surface area (Å²) in [5.74, 6) is 1.17. The Kier molecular flexibility index (Phi) is 4.96. The Morgan fingerprint density at radius 1 is 1.00 bits per heavy atom. The topological polar surface area (TPSA) is 89.9 Å². The van der Waals surface area contributed by atoms with E-state index in [9.17, 15) is 4.79 Å². The van der Waals surface area contributed by atoms with Crippen LogP contribution in [0.4, 0.5) is 0 Å². The Balaban J connectivity index is 1.31. The predicted molar refractivity (Wildman–Crippen MR) is 111 cm³/mol. The van der Waals surface area contributed by atoms with E-state index in [-0.39, 0.29) is 5.91 Å². The fourth-order valence-corrected chi connectivity index (χ4v) is 3.82. The van der Waals surface area contributed by atoms with E-state index in [1.807, 2.05) is 53.4 Å². The van der Waals surface area contributed by atoms with Gasteiger partial charge in [0.2, 0.25) is 11.7 Å². The normalized spacial score (nSPS) is 14.3. The largest absolute Gasteiger partial charge is 0.343 e. The molecule has 152 valence electrons. The molecule has 0 atom stereocenters. The van der Waals surface area contributed by atoms with Crippen molar-refractivity contribution in [1.29, 1.82) is 0 Å². The SMILES string of the molecule is O=C(CCn1nnc2cc(-c3noc(-c4ccccc4)n3)ccc21)N1CCCCC1. The minimum absolute atomic E-state index is 0.190. The third-order valence-corrected chi connectivity index (χ3v) is 5.47. The lowest BCUT2D eigenvalue weighted by Gasteiger charge is -2.26. The van der Waals surface area contributed by atoms with E-state index in [0.29, 0.717) is 24.7 Å². The maximum atomic E-state index is 12.4. The van der Waals surface area contributed by atoms with Crippen molar-refractivity contribution in [2.24, 2.45) is 0 Å². The Bertz CT molecular complexity index is 1160. The number of piperidine rings is 1. The fraction of sp³-hybridized carbons (Fsp3) is 0.318. The zero-order valence-electron chi connectivity index (χ0n) is 16.6. The van der Waals surface area contributed by atoms with Crippen molar-refractivity contribution in [2.75, 3.05) is 13.1 Å². The summed E-state index contributed by atoms with van der Waals surface area (Å²) in [6, 6.07) is 15.4. The number of fused-ring (bicyclic) bond motifs is 1. The molecule has 4 aromatic rings. The summed E-state index contributed by atoms with van der Waals surface area (Å²) in [6.07, 6.45) is 3.85. The van der Waals surface area contributed by atoms with Gasteiger partial charge in [0.1, 0.15) is 5.52 Å². The lowest BCUT2D eigenvalue weighted by molar-refractivity contribution is -0.132. The Hall–Kier alpha value is -3.55. The molecular weight excluding hydrogens is 380 g/mol. The van der Waals surface area contributed by atoms with Gasteiger partial charge in [0, 0.05) is 30.6 Å². The monoisotopic (exact) mass is 402 g/mol. The standard InChI is InChI=1S/C22H22N6O2/c29-20(27-12-5-2-6-13-27)11-14-28-19-10-9-17(15-18(19)24-26-28)21-23-22(30-25-21)16-7-3-1-4-8-16/h1,3-4,7-10,15H,2,5-6,11-14H2. The number of nitrogens with zero attached hydrogens (tertiary/aromatic N) is 6. The molecule has 2 aromatic carbocycles. The average Bonchev–Trinajstić information content (AvgIpc) is 3.46. The highest BCUT2D eigenvalue weighted by molar-refractivity contribution is 5.80. The summed E-state index contributed by atoms with van der Waals surface area (Å²) in [4.78, 5) is 18.9. The number of carbonyl (C=O) groups is 1. The van der Waals surface area contributed by atoms with Gasteiger partial charge >= 0.3 is 0 Å². The number of rotatable bonds is 5. The molecule has 0 radical (unpaired) electrons. The van der Waals surface area contributed by atoms with Crippen LogP contribution >= 0.6 is 0 Å². The highest BCUT2D eigenvalue weighted by Gasteiger charge is 2.17. The van der Waals surface area contributed by atoms with Crippen molar-refractivity contribution >= 4 is 16.9 Å². The molecule has 0 spiro atoms. The molecule has 8 heteroatoms.